The van der Waals surface area contributed by atoms with Gasteiger partial charge in [-0.15, -0.1) is 0 Å². The van der Waals surface area contributed by atoms with Gasteiger partial charge in [0.2, 0.25) is 11.9 Å². The molecule has 1 aliphatic rings. The standard InChI is InChI=1S/C27H23N7O4/c1-2-24(37)30-22-7-3-4-8-23(22)31-26-29-14-18-16-33(19-10-20(35)12-21(36)11-19)27(38)34(25(18)32-26)15-17-6-5-9-28-13-17/h2-14,35-36H,1,15-16H2,(H,30,37)(H,29,31,32). The summed E-state index contributed by atoms with van der Waals surface area (Å²) in [5.74, 6) is -0.0937. The first-order chi connectivity index (χ1) is 18.4. The number of benzene rings is 2. The molecule has 0 fully saturated rings. The molecule has 2 aromatic heterocycles. The average Bonchev–Trinajstić information content (AvgIpc) is 2.91. The van der Waals surface area contributed by atoms with Crippen molar-refractivity contribution in [2.24, 2.45) is 0 Å². The molecule has 0 spiro atoms. The van der Waals surface area contributed by atoms with Crippen LogP contribution in [-0.4, -0.2) is 37.1 Å². The number of phenols is 2. The molecule has 3 heterocycles. The lowest BCUT2D eigenvalue weighted by atomic mass is 10.1. The summed E-state index contributed by atoms with van der Waals surface area (Å²) in [4.78, 5) is 41.7. The number of hydrogen-bond donors (Lipinski definition) is 4. The molecule has 0 saturated heterocycles. The third-order valence-electron chi connectivity index (χ3n) is 5.77. The lowest BCUT2D eigenvalue weighted by Crippen LogP contribution is -2.47. The van der Waals surface area contributed by atoms with E-state index in [1.54, 1.807) is 48.9 Å². The SMILES string of the molecule is C=CC(=O)Nc1ccccc1Nc1ncc2c(n1)N(Cc1cccnc1)C(=O)N(c1cc(O)cc(O)c1)C2. The number of carbonyl (C=O) groups is 2. The van der Waals surface area contributed by atoms with Crippen molar-refractivity contribution in [1.82, 2.24) is 15.0 Å². The van der Waals surface area contributed by atoms with Gasteiger partial charge in [0.1, 0.15) is 17.3 Å². The summed E-state index contributed by atoms with van der Waals surface area (Å²) in [6.07, 6.45) is 6.08. The zero-order chi connectivity index (χ0) is 26.6. The van der Waals surface area contributed by atoms with E-state index in [2.05, 4.69) is 32.2 Å². The van der Waals surface area contributed by atoms with Crippen LogP contribution >= 0.6 is 0 Å². The first kappa shape index (κ1) is 24.3. The van der Waals surface area contributed by atoms with Gasteiger partial charge in [-0.25, -0.2) is 9.78 Å². The molecule has 0 radical (unpaired) electrons. The van der Waals surface area contributed by atoms with Crippen LogP contribution in [0.3, 0.4) is 0 Å². The van der Waals surface area contributed by atoms with Crippen LogP contribution in [0.15, 0.2) is 85.8 Å². The summed E-state index contributed by atoms with van der Waals surface area (Å²) in [5.41, 5.74) is 2.81. The fourth-order valence-corrected chi connectivity index (χ4v) is 4.04. The van der Waals surface area contributed by atoms with Crippen molar-refractivity contribution in [3.63, 3.8) is 0 Å². The van der Waals surface area contributed by atoms with Crippen molar-refractivity contribution >= 4 is 40.8 Å². The summed E-state index contributed by atoms with van der Waals surface area (Å²) >= 11 is 0. The first-order valence-electron chi connectivity index (χ1n) is 11.6. The van der Waals surface area contributed by atoms with E-state index in [0.29, 0.717) is 28.4 Å². The van der Waals surface area contributed by atoms with Gasteiger partial charge >= 0.3 is 6.03 Å². The highest BCUT2D eigenvalue weighted by molar-refractivity contribution is 6.05. The number of anilines is 5. The smallest absolute Gasteiger partial charge is 0.330 e. The van der Waals surface area contributed by atoms with E-state index in [1.807, 2.05) is 6.07 Å². The van der Waals surface area contributed by atoms with E-state index in [-0.39, 0.29) is 36.4 Å². The highest BCUT2D eigenvalue weighted by Crippen LogP contribution is 2.35. The summed E-state index contributed by atoms with van der Waals surface area (Å²) in [6.45, 7) is 3.76. The molecule has 3 amide bonds. The second kappa shape index (κ2) is 10.3. The fourth-order valence-electron chi connectivity index (χ4n) is 4.04. The lowest BCUT2D eigenvalue weighted by Gasteiger charge is -2.36. The number of amides is 3. The number of nitrogens with zero attached hydrogens (tertiary/aromatic N) is 5. The molecule has 5 rings (SSSR count). The van der Waals surface area contributed by atoms with Gasteiger partial charge in [0.15, 0.2) is 0 Å². The van der Waals surface area contributed by atoms with E-state index < -0.39 is 6.03 Å². The number of carbonyl (C=O) groups excluding carboxylic acids is 2. The second-order valence-corrected chi connectivity index (χ2v) is 8.43. The van der Waals surface area contributed by atoms with Crippen molar-refractivity contribution in [2.75, 3.05) is 20.4 Å². The van der Waals surface area contributed by atoms with Gasteiger partial charge in [-0.2, -0.15) is 4.98 Å². The van der Waals surface area contributed by atoms with E-state index in [4.69, 9.17) is 0 Å². The molecule has 2 aromatic carbocycles. The Balaban J connectivity index is 1.52. The van der Waals surface area contributed by atoms with Gasteiger partial charge in [0, 0.05) is 42.4 Å². The molecule has 0 bridgehead atoms. The topological polar surface area (TPSA) is 144 Å². The summed E-state index contributed by atoms with van der Waals surface area (Å²) in [6, 6.07) is 14.3. The summed E-state index contributed by atoms with van der Waals surface area (Å²) < 4.78 is 0. The van der Waals surface area contributed by atoms with Crippen molar-refractivity contribution in [3.05, 3.63) is 97.0 Å². The Bertz CT molecular complexity index is 1510. The van der Waals surface area contributed by atoms with E-state index in [9.17, 15) is 19.8 Å². The maximum atomic E-state index is 13.7. The molecular weight excluding hydrogens is 486 g/mol. The Labute approximate surface area is 217 Å². The van der Waals surface area contributed by atoms with Crippen LogP contribution < -0.4 is 20.4 Å². The molecule has 0 saturated carbocycles. The van der Waals surface area contributed by atoms with E-state index in [0.717, 1.165) is 5.56 Å². The third-order valence-corrected chi connectivity index (χ3v) is 5.77. The predicted molar refractivity (Wildman–Crippen MR) is 142 cm³/mol. The van der Waals surface area contributed by atoms with Crippen molar-refractivity contribution in [3.8, 4) is 11.5 Å². The molecule has 4 N–H and O–H groups in total. The minimum absolute atomic E-state index is 0.118. The van der Waals surface area contributed by atoms with Crippen LogP contribution in [0.1, 0.15) is 11.1 Å². The van der Waals surface area contributed by atoms with Gasteiger partial charge in [0.05, 0.1) is 30.2 Å². The van der Waals surface area contributed by atoms with Gasteiger partial charge in [-0.3, -0.25) is 19.6 Å². The van der Waals surface area contributed by atoms with Gasteiger partial charge in [-0.1, -0.05) is 24.8 Å². The number of aromatic nitrogens is 3. The number of phenolic OH excluding ortho intramolecular Hbond substituents is 2. The van der Waals surface area contributed by atoms with Gasteiger partial charge in [-0.05, 0) is 29.8 Å². The second-order valence-electron chi connectivity index (χ2n) is 8.43. The maximum Gasteiger partial charge on any atom is 0.330 e. The van der Waals surface area contributed by atoms with Crippen LogP contribution in [0.4, 0.5) is 33.6 Å². The quantitative estimate of drug-likeness (QED) is 0.270. The molecule has 0 atom stereocenters. The first-order valence-corrected chi connectivity index (χ1v) is 11.6. The molecule has 0 unspecified atom stereocenters. The molecule has 4 aromatic rings. The normalized spacial score (nSPS) is 12.6. The van der Waals surface area contributed by atoms with Crippen LogP contribution in [0.2, 0.25) is 0 Å². The Morgan fingerprint density at radius 3 is 2.53 bits per heavy atom. The zero-order valence-corrected chi connectivity index (χ0v) is 20.1. The number of aromatic hydroxyl groups is 2. The Morgan fingerprint density at radius 2 is 1.82 bits per heavy atom. The Kier molecular flexibility index (Phi) is 6.55. The summed E-state index contributed by atoms with van der Waals surface area (Å²) in [7, 11) is 0. The number of rotatable bonds is 7. The number of pyridine rings is 1. The van der Waals surface area contributed by atoms with Crippen LogP contribution in [0, 0.1) is 0 Å². The van der Waals surface area contributed by atoms with Crippen LogP contribution in [-0.2, 0) is 17.9 Å². The predicted octanol–water partition coefficient (Wildman–Crippen LogP) is 4.30. The Hall–Kier alpha value is -5.45. The number of hydrogen-bond acceptors (Lipinski definition) is 8. The van der Waals surface area contributed by atoms with Gasteiger partial charge in [0.25, 0.3) is 0 Å². The number of urea groups is 1. The molecule has 1 aliphatic heterocycles. The molecule has 38 heavy (non-hydrogen) atoms. The average molecular weight is 510 g/mol. The zero-order valence-electron chi connectivity index (χ0n) is 20.1. The van der Waals surface area contributed by atoms with Crippen molar-refractivity contribution in [1.29, 1.82) is 0 Å². The van der Waals surface area contributed by atoms with Gasteiger partial charge < -0.3 is 20.8 Å². The van der Waals surface area contributed by atoms with Crippen LogP contribution in [0.25, 0.3) is 0 Å². The van der Waals surface area contributed by atoms with Crippen molar-refractivity contribution < 1.29 is 19.8 Å². The lowest BCUT2D eigenvalue weighted by molar-refractivity contribution is -0.111. The summed E-state index contributed by atoms with van der Waals surface area (Å²) in [5, 5.41) is 25.8. The maximum absolute atomic E-state index is 13.7. The molecule has 190 valence electrons. The molecule has 11 nitrogen and oxygen atoms in total. The van der Waals surface area contributed by atoms with E-state index in [1.165, 1.54) is 34.1 Å². The monoisotopic (exact) mass is 509 g/mol. The highest BCUT2D eigenvalue weighted by Gasteiger charge is 2.33. The minimum atomic E-state index is -0.408. The fraction of sp³-hybridized carbons (Fsp3) is 0.0741. The minimum Gasteiger partial charge on any atom is -0.508 e. The van der Waals surface area contributed by atoms with Crippen LogP contribution in [0.5, 0.6) is 11.5 Å². The largest absolute Gasteiger partial charge is 0.508 e. The Morgan fingerprint density at radius 1 is 1.05 bits per heavy atom. The third kappa shape index (κ3) is 5.07. The molecule has 11 heteroatoms. The highest BCUT2D eigenvalue weighted by atomic mass is 16.3. The van der Waals surface area contributed by atoms with Crippen molar-refractivity contribution in [2.45, 2.75) is 13.1 Å². The molecular formula is C27H23N7O4. The number of fused-ring (bicyclic) bond motifs is 1. The number of nitrogens with one attached hydrogen (secondary N) is 2. The van der Waals surface area contributed by atoms with E-state index >= 15 is 0 Å². The molecule has 0 aliphatic carbocycles. The number of para-hydroxylation sites is 2.